The smallest absolute Gasteiger partial charge is 0.191 e. The van der Waals surface area contributed by atoms with E-state index in [1.165, 1.54) is 0 Å². The van der Waals surface area contributed by atoms with E-state index in [0.29, 0.717) is 13.2 Å². The molecule has 5 nitrogen and oxygen atoms in total. The minimum atomic E-state index is 0.704. The Hall–Kier alpha value is -1.56. The number of benzene rings is 1. The number of fused-ring (bicyclic) bond motifs is 1. The Morgan fingerprint density at radius 1 is 1.24 bits per heavy atom. The van der Waals surface area contributed by atoms with E-state index in [2.05, 4.69) is 27.9 Å². The number of nitrogens with zero attached hydrogens (tertiary/aromatic N) is 1. The number of nitrogens with one attached hydrogen (secondary N) is 2. The van der Waals surface area contributed by atoms with Gasteiger partial charge in [-0.15, -0.1) is 0 Å². The fraction of sp³-hybridized carbons (Fsp3) is 0.533. The SMILES string of the molecule is CN=C(NCCSC)NCc1ccc2c(c1)OCCCO2. The molecule has 116 valence electrons. The van der Waals surface area contributed by atoms with Crippen LogP contribution in [0.4, 0.5) is 0 Å². The molecule has 1 heterocycles. The maximum absolute atomic E-state index is 5.70. The second-order valence-corrected chi connectivity index (χ2v) is 5.66. The Balaban J connectivity index is 1.89. The summed E-state index contributed by atoms with van der Waals surface area (Å²) in [5.74, 6) is 3.54. The number of ether oxygens (including phenoxy) is 2. The van der Waals surface area contributed by atoms with Gasteiger partial charge in [-0.05, 0) is 24.0 Å². The Morgan fingerprint density at radius 2 is 2.05 bits per heavy atom. The van der Waals surface area contributed by atoms with Gasteiger partial charge in [-0.1, -0.05) is 6.07 Å². The van der Waals surface area contributed by atoms with Crippen LogP contribution in [0.25, 0.3) is 0 Å². The van der Waals surface area contributed by atoms with Crippen LogP contribution >= 0.6 is 11.8 Å². The third kappa shape index (κ3) is 5.04. The van der Waals surface area contributed by atoms with Crippen LogP contribution in [-0.2, 0) is 6.54 Å². The zero-order valence-corrected chi connectivity index (χ0v) is 13.5. The van der Waals surface area contributed by atoms with Gasteiger partial charge >= 0.3 is 0 Å². The van der Waals surface area contributed by atoms with E-state index in [4.69, 9.17) is 9.47 Å². The van der Waals surface area contributed by atoms with Crippen LogP contribution in [0.1, 0.15) is 12.0 Å². The van der Waals surface area contributed by atoms with Gasteiger partial charge in [-0.3, -0.25) is 4.99 Å². The lowest BCUT2D eigenvalue weighted by molar-refractivity contribution is 0.297. The van der Waals surface area contributed by atoms with E-state index >= 15 is 0 Å². The summed E-state index contributed by atoms with van der Waals surface area (Å²) in [4.78, 5) is 4.21. The molecule has 0 unspecified atom stereocenters. The number of rotatable bonds is 5. The lowest BCUT2D eigenvalue weighted by Crippen LogP contribution is -2.37. The van der Waals surface area contributed by atoms with Gasteiger partial charge in [-0.25, -0.2) is 0 Å². The average Bonchev–Trinajstić information content (AvgIpc) is 2.75. The molecular formula is C15H23N3O2S. The molecular weight excluding hydrogens is 286 g/mol. The zero-order chi connectivity index (χ0) is 14.9. The summed E-state index contributed by atoms with van der Waals surface area (Å²) in [6.45, 7) is 3.04. The van der Waals surface area contributed by atoms with Crippen LogP contribution in [0.5, 0.6) is 11.5 Å². The van der Waals surface area contributed by atoms with Crippen LogP contribution in [0.2, 0.25) is 0 Å². The number of guanidine groups is 1. The molecule has 0 saturated heterocycles. The molecule has 0 bridgehead atoms. The van der Waals surface area contributed by atoms with E-state index in [-0.39, 0.29) is 0 Å². The maximum Gasteiger partial charge on any atom is 0.191 e. The van der Waals surface area contributed by atoms with E-state index in [1.54, 1.807) is 7.05 Å². The molecule has 0 radical (unpaired) electrons. The minimum Gasteiger partial charge on any atom is -0.490 e. The molecule has 2 N–H and O–H groups in total. The molecule has 0 atom stereocenters. The Kier molecular flexibility index (Phi) is 6.53. The first-order valence-electron chi connectivity index (χ1n) is 7.15. The molecule has 1 aliphatic rings. The minimum absolute atomic E-state index is 0.704. The van der Waals surface area contributed by atoms with Crippen molar-refractivity contribution < 1.29 is 9.47 Å². The first-order chi connectivity index (χ1) is 10.3. The molecule has 0 spiro atoms. The molecule has 0 aromatic heterocycles. The van der Waals surface area contributed by atoms with E-state index in [9.17, 15) is 0 Å². The topological polar surface area (TPSA) is 54.9 Å². The summed E-state index contributed by atoms with van der Waals surface area (Å²) in [5.41, 5.74) is 1.15. The highest BCUT2D eigenvalue weighted by Gasteiger charge is 2.10. The van der Waals surface area contributed by atoms with Crippen molar-refractivity contribution in [1.29, 1.82) is 0 Å². The maximum atomic E-state index is 5.70. The van der Waals surface area contributed by atoms with Gasteiger partial charge in [-0.2, -0.15) is 11.8 Å². The Bertz CT molecular complexity index is 480. The van der Waals surface area contributed by atoms with E-state index in [1.807, 2.05) is 23.9 Å². The van der Waals surface area contributed by atoms with Crippen LogP contribution in [0.3, 0.4) is 0 Å². The summed E-state index contributed by atoms with van der Waals surface area (Å²) in [6.07, 6.45) is 3.02. The number of aliphatic imine (C=N–C) groups is 1. The molecule has 0 amide bonds. The highest BCUT2D eigenvalue weighted by Crippen LogP contribution is 2.30. The van der Waals surface area contributed by atoms with Crippen molar-refractivity contribution in [3.05, 3.63) is 23.8 Å². The molecule has 1 aromatic carbocycles. The fourth-order valence-electron chi connectivity index (χ4n) is 2.00. The van der Waals surface area contributed by atoms with Gasteiger partial charge in [0.1, 0.15) is 0 Å². The fourth-order valence-corrected chi connectivity index (χ4v) is 2.30. The number of thioether (sulfide) groups is 1. The molecule has 21 heavy (non-hydrogen) atoms. The molecule has 6 heteroatoms. The van der Waals surface area contributed by atoms with Crippen molar-refractivity contribution in [2.45, 2.75) is 13.0 Å². The van der Waals surface area contributed by atoms with E-state index in [0.717, 1.165) is 48.3 Å². The molecule has 0 saturated carbocycles. The first-order valence-corrected chi connectivity index (χ1v) is 8.55. The monoisotopic (exact) mass is 309 g/mol. The number of hydrogen-bond acceptors (Lipinski definition) is 4. The quantitative estimate of drug-likeness (QED) is 0.494. The molecule has 1 aromatic rings. The third-order valence-electron chi connectivity index (χ3n) is 3.09. The average molecular weight is 309 g/mol. The van der Waals surface area contributed by atoms with Crippen LogP contribution < -0.4 is 20.1 Å². The van der Waals surface area contributed by atoms with Gasteiger partial charge < -0.3 is 20.1 Å². The molecule has 2 rings (SSSR count). The second-order valence-electron chi connectivity index (χ2n) is 4.68. The van der Waals surface area contributed by atoms with Crippen molar-refractivity contribution in [1.82, 2.24) is 10.6 Å². The van der Waals surface area contributed by atoms with E-state index < -0.39 is 0 Å². The molecule has 0 fully saturated rings. The van der Waals surface area contributed by atoms with Crippen LogP contribution in [-0.4, -0.2) is 44.8 Å². The van der Waals surface area contributed by atoms with Crippen molar-refractivity contribution in [3.63, 3.8) is 0 Å². The van der Waals surface area contributed by atoms with Gasteiger partial charge in [0, 0.05) is 32.3 Å². The van der Waals surface area contributed by atoms with Crippen molar-refractivity contribution >= 4 is 17.7 Å². The highest BCUT2D eigenvalue weighted by molar-refractivity contribution is 7.98. The summed E-state index contributed by atoms with van der Waals surface area (Å²) < 4.78 is 11.3. The lowest BCUT2D eigenvalue weighted by Gasteiger charge is -2.13. The Morgan fingerprint density at radius 3 is 2.81 bits per heavy atom. The van der Waals surface area contributed by atoms with Gasteiger partial charge in [0.15, 0.2) is 17.5 Å². The van der Waals surface area contributed by atoms with Crippen molar-refractivity contribution in [3.8, 4) is 11.5 Å². The predicted octanol–water partition coefficient (Wildman–Crippen LogP) is 1.88. The van der Waals surface area contributed by atoms with Gasteiger partial charge in [0.25, 0.3) is 0 Å². The highest BCUT2D eigenvalue weighted by atomic mass is 32.2. The lowest BCUT2D eigenvalue weighted by atomic mass is 10.2. The van der Waals surface area contributed by atoms with Crippen molar-refractivity contribution in [2.75, 3.05) is 38.8 Å². The van der Waals surface area contributed by atoms with Gasteiger partial charge in [0.05, 0.1) is 13.2 Å². The van der Waals surface area contributed by atoms with Crippen molar-refractivity contribution in [2.24, 2.45) is 4.99 Å². The van der Waals surface area contributed by atoms with Crippen LogP contribution in [0.15, 0.2) is 23.2 Å². The summed E-state index contributed by atoms with van der Waals surface area (Å²) in [5, 5.41) is 6.58. The standard InChI is InChI=1S/C15H23N3O2S/c1-16-15(17-6-9-21-2)18-11-12-4-5-13-14(10-12)20-8-3-7-19-13/h4-5,10H,3,6-9,11H2,1-2H3,(H2,16,17,18). The normalized spacial score (nSPS) is 14.5. The third-order valence-corrected chi connectivity index (χ3v) is 3.71. The summed E-state index contributed by atoms with van der Waals surface area (Å²) in [6, 6.07) is 6.06. The molecule has 1 aliphatic heterocycles. The summed E-state index contributed by atoms with van der Waals surface area (Å²) in [7, 11) is 1.78. The first kappa shape index (κ1) is 15.8. The zero-order valence-electron chi connectivity index (χ0n) is 12.6. The van der Waals surface area contributed by atoms with Gasteiger partial charge in [0.2, 0.25) is 0 Å². The Labute approximate surface area is 130 Å². The predicted molar refractivity (Wildman–Crippen MR) is 88.6 cm³/mol. The number of hydrogen-bond donors (Lipinski definition) is 2. The second kappa shape index (κ2) is 8.67. The molecule has 0 aliphatic carbocycles. The van der Waals surface area contributed by atoms with Crippen LogP contribution in [0, 0.1) is 0 Å². The largest absolute Gasteiger partial charge is 0.490 e. The summed E-state index contributed by atoms with van der Waals surface area (Å²) >= 11 is 1.81.